The molecule has 0 saturated heterocycles. The number of ether oxygens (including phenoxy) is 4. The van der Waals surface area contributed by atoms with Crippen LogP contribution in [0.2, 0.25) is 0 Å². The fourth-order valence-corrected chi connectivity index (χ4v) is 4.03. The quantitative estimate of drug-likeness (QED) is 0.418. The molecule has 0 bridgehead atoms. The summed E-state index contributed by atoms with van der Waals surface area (Å²) in [5, 5.41) is 5.68. The first-order valence-electron chi connectivity index (χ1n) is 12.4. The van der Waals surface area contributed by atoms with Crippen LogP contribution in [0.3, 0.4) is 0 Å². The van der Waals surface area contributed by atoms with Crippen molar-refractivity contribution in [3.8, 4) is 17.2 Å². The van der Waals surface area contributed by atoms with Crippen molar-refractivity contribution in [1.82, 2.24) is 5.32 Å². The van der Waals surface area contributed by atoms with Crippen LogP contribution >= 0.6 is 0 Å². The second-order valence-electron chi connectivity index (χ2n) is 8.23. The predicted molar refractivity (Wildman–Crippen MR) is 135 cm³/mol. The number of nitrogens with one attached hydrogen (secondary N) is 2. The SMILES string of the molecule is CCOc1cc(C(=O)OCC(=O)Nc2ccccc2C(=O)NC2CCCC2)cc(OCC)c1OCC. The molecule has 0 aromatic heterocycles. The molecule has 0 radical (unpaired) electrons. The number of benzene rings is 2. The second-order valence-corrected chi connectivity index (χ2v) is 8.23. The van der Waals surface area contributed by atoms with Gasteiger partial charge in [-0.15, -0.1) is 0 Å². The molecule has 2 amide bonds. The molecule has 3 rings (SSSR count). The van der Waals surface area contributed by atoms with E-state index in [1.54, 1.807) is 24.3 Å². The van der Waals surface area contributed by atoms with Crippen molar-refractivity contribution in [1.29, 1.82) is 0 Å². The first-order chi connectivity index (χ1) is 17.5. The summed E-state index contributed by atoms with van der Waals surface area (Å²) in [5.41, 5.74) is 0.875. The minimum Gasteiger partial charge on any atom is -0.490 e. The average Bonchev–Trinajstić information content (AvgIpc) is 3.38. The smallest absolute Gasteiger partial charge is 0.338 e. The van der Waals surface area contributed by atoms with Crippen molar-refractivity contribution in [3.05, 3.63) is 47.5 Å². The molecule has 1 aliphatic rings. The molecule has 194 valence electrons. The molecule has 2 aromatic rings. The summed E-state index contributed by atoms with van der Waals surface area (Å²) in [6, 6.07) is 9.89. The minimum absolute atomic E-state index is 0.152. The molecular weight excluding hydrogens is 464 g/mol. The molecule has 0 aliphatic heterocycles. The first-order valence-corrected chi connectivity index (χ1v) is 12.4. The zero-order chi connectivity index (χ0) is 25.9. The first kappa shape index (κ1) is 26.8. The summed E-state index contributed by atoms with van der Waals surface area (Å²) in [5.74, 6) is -0.417. The largest absolute Gasteiger partial charge is 0.490 e. The normalized spacial score (nSPS) is 13.1. The molecule has 2 N–H and O–H groups in total. The Morgan fingerprint density at radius 3 is 2.11 bits per heavy atom. The summed E-state index contributed by atoms with van der Waals surface area (Å²) in [6.45, 7) is 6.06. The van der Waals surface area contributed by atoms with Gasteiger partial charge in [0.05, 0.1) is 36.6 Å². The number of amides is 2. The molecule has 0 atom stereocenters. The number of rotatable bonds is 12. The van der Waals surface area contributed by atoms with E-state index in [4.69, 9.17) is 18.9 Å². The van der Waals surface area contributed by atoms with Gasteiger partial charge in [0.15, 0.2) is 18.1 Å². The third kappa shape index (κ3) is 7.13. The van der Waals surface area contributed by atoms with Gasteiger partial charge in [0, 0.05) is 6.04 Å². The van der Waals surface area contributed by atoms with Crippen molar-refractivity contribution >= 4 is 23.5 Å². The zero-order valence-electron chi connectivity index (χ0n) is 21.1. The van der Waals surface area contributed by atoms with Crippen molar-refractivity contribution in [2.24, 2.45) is 0 Å². The van der Waals surface area contributed by atoms with Crippen LogP contribution in [-0.2, 0) is 9.53 Å². The maximum absolute atomic E-state index is 12.7. The van der Waals surface area contributed by atoms with Crippen LogP contribution in [0, 0.1) is 0 Å². The van der Waals surface area contributed by atoms with E-state index in [2.05, 4.69) is 10.6 Å². The number of para-hydroxylation sites is 1. The van der Waals surface area contributed by atoms with Gasteiger partial charge in [0.1, 0.15) is 0 Å². The van der Waals surface area contributed by atoms with Crippen LogP contribution in [0.5, 0.6) is 17.2 Å². The maximum atomic E-state index is 12.7. The van der Waals surface area contributed by atoms with Crippen LogP contribution < -0.4 is 24.8 Å². The fourth-order valence-electron chi connectivity index (χ4n) is 4.03. The number of hydrogen-bond acceptors (Lipinski definition) is 7. The van der Waals surface area contributed by atoms with Crippen LogP contribution in [-0.4, -0.2) is 50.3 Å². The zero-order valence-corrected chi connectivity index (χ0v) is 21.1. The Morgan fingerprint density at radius 1 is 0.889 bits per heavy atom. The van der Waals surface area contributed by atoms with Gasteiger partial charge in [0.25, 0.3) is 11.8 Å². The van der Waals surface area contributed by atoms with Gasteiger partial charge in [-0.25, -0.2) is 4.79 Å². The van der Waals surface area contributed by atoms with Crippen LogP contribution in [0.1, 0.15) is 67.2 Å². The van der Waals surface area contributed by atoms with Crippen LogP contribution in [0.15, 0.2) is 36.4 Å². The van der Waals surface area contributed by atoms with E-state index in [0.717, 1.165) is 25.7 Å². The van der Waals surface area contributed by atoms with Crippen molar-refractivity contribution in [2.75, 3.05) is 31.7 Å². The van der Waals surface area contributed by atoms with Gasteiger partial charge in [-0.2, -0.15) is 0 Å². The number of carbonyl (C=O) groups excluding carboxylic acids is 3. The Labute approximate surface area is 211 Å². The fraction of sp³-hybridized carbons (Fsp3) is 0.444. The highest BCUT2D eigenvalue weighted by Gasteiger charge is 2.22. The van der Waals surface area contributed by atoms with E-state index in [0.29, 0.717) is 48.3 Å². The third-order valence-corrected chi connectivity index (χ3v) is 5.62. The number of hydrogen-bond donors (Lipinski definition) is 2. The molecule has 1 fully saturated rings. The number of anilines is 1. The predicted octanol–water partition coefficient (Wildman–Crippen LogP) is 4.35. The average molecular weight is 499 g/mol. The molecular formula is C27H34N2O7. The highest BCUT2D eigenvalue weighted by atomic mass is 16.5. The standard InChI is InChI=1S/C27H34N2O7/c1-4-33-22-15-18(16-23(34-5-2)25(22)35-6-3)27(32)36-17-24(30)29-21-14-10-9-13-20(21)26(31)28-19-11-7-8-12-19/h9-10,13-16,19H,4-8,11-12,17H2,1-3H3,(H,28,31)(H,29,30). The summed E-state index contributed by atoms with van der Waals surface area (Å²) >= 11 is 0. The lowest BCUT2D eigenvalue weighted by molar-refractivity contribution is -0.119. The molecule has 1 saturated carbocycles. The molecule has 36 heavy (non-hydrogen) atoms. The molecule has 9 heteroatoms. The summed E-state index contributed by atoms with van der Waals surface area (Å²) in [7, 11) is 0. The van der Waals surface area contributed by atoms with Gasteiger partial charge in [0.2, 0.25) is 5.75 Å². The summed E-state index contributed by atoms with van der Waals surface area (Å²) in [4.78, 5) is 38.0. The Kier molecular flexibility index (Phi) is 9.97. The van der Waals surface area contributed by atoms with Crippen molar-refractivity contribution < 1.29 is 33.3 Å². The van der Waals surface area contributed by atoms with Crippen LogP contribution in [0.4, 0.5) is 5.69 Å². The lowest BCUT2D eigenvalue weighted by Gasteiger charge is -2.17. The third-order valence-electron chi connectivity index (χ3n) is 5.62. The summed E-state index contributed by atoms with van der Waals surface area (Å²) < 4.78 is 22.1. The van der Waals surface area contributed by atoms with E-state index in [1.165, 1.54) is 12.1 Å². The molecule has 0 unspecified atom stereocenters. The highest BCUT2D eigenvalue weighted by Crippen LogP contribution is 2.39. The van der Waals surface area contributed by atoms with E-state index in [9.17, 15) is 14.4 Å². The highest BCUT2D eigenvalue weighted by molar-refractivity contribution is 6.04. The van der Waals surface area contributed by atoms with Gasteiger partial charge in [-0.05, 0) is 57.9 Å². The lowest BCUT2D eigenvalue weighted by Crippen LogP contribution is -2.33. The van der Waals surface area contributed by atoms with Gasteiger partial charge < -0.3 is 29.6 Å². The second kappa shape index (κ2) is 13.4. The molecule has 0 spiro atoms. The van der Waals surface area contributed by atoms with E-state index >= 15 is 0 Å². The monoisotopic (exact) mass is 498 g/mol. The minimum atomic E-state index is -0.720. The van der Waals surface area contributed by atoms with Crippen molar-refractivity contribution in [3.63, 3.8) is 0 Å². The molecule has 0 heterocycles. The Hall–Kier alpha value is -3.75. The topological polar surface area (TPSA) is 112 Å². The van der Waals surface area contributed by atoms with Gasteiger partial charge in [-0.1, -0.05) is 25.0 Å². The summed E-state index contributed by atoms with van der Waals surface area (Å²) in [6.07, 6.45) is 4.11. The molecule has 2 aromatic carbocycles. The Balaban J connectivity index is 1.66. The van der Waals surface area contributed by atoms with E-state index < -0.39 is 18.5 Å². The maximum Gasteiger partial charge on any atom is 0.338 e. The lowest BCUT2D eigenvalue weighted by atomic mass is 10.1. The van der Waals surface area contributed by atoms with Gasteiger partial charge >= 0.3 is 5.97 Å². The van der Waals surface area contributed by atoms with Crippen LogP contribution in [0.25, 0.3) is 0 Å². The Bertz CT molecular complexity index is 1040. The van der Waals surface area contributed by atoms with Gasteiger partial charge in [-0.3, -0.25) is 9.59 Å². The molecule has 9 nitrogen and oxygen atoms in total. The Morgan fingerprint density at radius 2 is 1.50 bits per heavy atom. The van der Waals surface area contributed by atoms with Crippen molar-refractivity contribution in [2.45, 2.75) is 52.5 Å². The van der Waals surface area contributed by atoms with E-state index in [1.807, 2.05) is 20.8 Å². The number of esters is 1. The number of carbonyl (C=O) groups is 3. The molecule has 1 aliphatic carbocycles. The van der Waals surface area contributed by atoms with E-state index in [-0.39, 0.29) is 17.5 Å².